The first-order valence-electron chi connectivity index (χ1n) is 14.8. The summed E-state index contributed by atoms with van der Waals surface area (Å²) in [4.78, 5) is 23.2. The predicted octanol–water partition coefficient (Wildman–Crippen LogP) is 7.93. The highest BCUT2D eigenvalue weighted by Crippen LogP contribution is 2.32. The molecular formula is C37H36N4O. The molecule has 2 aromatic carbocycles. The van der Waals surface area contributed by atoms with Gasteiger partial charge in [-0.25, -0.2) is 4.98 Å². The minimum absolute atomic E-state index is 0.0917. The summed E-state index contributed by atoms with van der Waals surface area (Å²) < 4.78 is 1.82. The van der Waals surface area contributed by atoms with Gasteiger partial charge in [0.2, 0.25) is 0 Å². The lowest BCUT2D eigenvalue weighted by molar-refractivity contribution is 0.747. The van der Waals surface area contributed by atoms with Gasteiger partial charge in [-0.2, -0.15) is 0 Å². The SMILES string of the molecule is C=C1CCCc2c1cc(C(=C)Nc1ccc(Cc3ccnc4cc(CC)c(CC)cc34)cn1)c(=O)n2-c1ccccc1. The third kappa shape index (κ3) is 5.18. The van der Waals surface area contributed by atoms with Gasteiger partial charge in [0.05, 0.1) is 11.1 Å². The van der Waals surface area contributed by atoms with Gasteiger partial charge in [0.25, 0.3) is 5.56 Å². The summed E-state index contributed by atoms with van der Waals surface area (Å²) in [5.41, 5.74) is 11.0. The maximum absolute atomic E-state index is 13.8. The van der Waals surface area contributed by atoms with Gasteiger partial charge in [0, 0.05) is 34.9 Å². The Morgan fingerprint density at radius 2 is 1.71 bits per heavy atom. The van der Waals surface area contributed by atoms with Crippen LogP contribution in [0.2, 0.25) is 0 Å². The van der Waals surface area contributed by atoms with Gasteiger partial charge >= 0.3 is 0 Å². The van der Waals surface area contributed by atoms with Crippen LogP contribution in [0, 0.1) is 0 Å². The topological polar surface area (TPSA) is 59.8 Å². The Balaban J connectivity index is 1.27. The van der Waals surface area contributed by atoms with E-state index in [0.717, 1.165) is 72.1 Å². The zero-order valence-electron chi connectivity index (χ0n) is 24.4. The van der Waals surface area contributed by atoms with Gasteiger partial charge in [0.15, 0.2) is 0 Å². The molecule has 0 atom stereocenters. The van der Waals surface area contributed by atoms with E-state index in [9.17, 15) is 4.79 Å². The molecule has 0 aliphatic heterocycles. The Labute approximate surface area is 247 Å². The maximum atomic E-state index is 13.8. The molecule has 0 fully saturated rings. The summed E-state index contributed by atoms with van der Waals surface area (Å²) in [5, 5.41) is 4.49. The second kappa shape index (κ2) is 11.6. The fraction of sp³-hybridized carbons (Fsp3) is 0.216. The average Bonchev–Trinajstić information content (AvgIpc) is 3.01. The predicted molar refractivity (Wildman–Crippen MR) is 174 cm³/mol. The lowest BCUT2D eigenvalue weighted by atomic mass is 9.90. The van der Waals surface area contributed by atoms with Crippen LogP contribution in [-0.4, -0.2) is 14.5 Å². The number of benzene rings is 2. The number of pyridine rings is 3. The second-order valence-electron chi connectivity index (χ2n) is 11.0. The highest BCUT2D eigenvalue weighted by Gasteiger charge is 2.22. The Bertz CT molecular complexity index is 1870. The van der Waals surface area contributed by atoms with Gasteiger partial charge in [-0.15, -0.1) is 0 Å². The number of para-hydroxylation sites is 1. The van der Waals surface area contributed by atoms with Crippen molar-refractivity contribution < 1.29 is 0 Å². The van der Waals surface area contributed by atoms with Gasteiger partial charge in [-0.3, -0.25) is 14.3 Å². The molecule has 0 spiro atoms. The van der Waals surface area contributed by atoms with Crippen LogP contribution < -0.4 is 10.9 Å². The van der Waals surface area contributed by atoms with E-state index in [1.165, 1.54) is 22.1 Å². The Morgan fingerprint density at radius 3 is 2.45 bits per heavy atom. The summed E-state index contributed by atoms with van der Waals surface area (Å²) in [5.74, 6) is 0.645. The lowest BCUT2D eigenvalue weighted by Crippen LogP contribution is -2.28. The number of hydrogen-bond donors (Lipinski definition) is 1. The van der Waals surface area contributed by atoms with Crippen LogP contribution in [0.3, 0.4) is 0 Å². The van der Waals surface area contributed by atoms with Crippen molar-refractivity contribution in [3.63, 3.8) is 0 Å². The molecule has 0 saturated heterocycles. The number of allylic oxidation sites excluding steroid dienone is 1. The molecule has 0 amide bonds. The van der Waals surface area contributed by atoms with Crippen LogP contribution in [0.25, 0.3) is 27.9 Å². The maximum Gasteiger partial charge on any atom is 0.264 e. The molecule has 1 N–H and O–H groups in total. The molecule has 5 aromatic rings. The number of fused-ring (bicyclic) bond motifs is 2. The molecule has 210 valence electrons. The zero-order valence-corrected chi connectivity index (χ0v) is 24.4. The quantitative estimate of drug-likeness (QED) is 0.212. The summed E-state index contributed by atoms with van der Waals surface area (Å²) in [6.07, 6.45) is 9.31. The number of anilines is 1. The van der Waals surface area contributed by atoms with Crippen molar-refractivity contribution >= 4 is 28.0 Å². The van der Waals surface area contributed by atoms with Gasteiger partial charge < -0.3 is 5.32 Å². The molecule has 0 unspecified atom stereocenters. The van der Waals surface area contributed by atoms with E-state index < -0.39 is 0 Å². The van der Waals surface area contributed by atoms with E-state index in [4.69, 9.17) is 0 Å². The fourth-order valence-electron chi connectivity index (χ4n) is 6.07. The van der Waals surface area contributed by atoms with Crippen LogP contribution in [-0.2, 0) is 25.7 Å². The molecule has 3 aromatic heterocycles. The van der Waals surface area contributed by atoms with Gasteiger partial charge in [-0.1, -0.05) is 51.3 Å². The first-order valence-corrected chi connectivity index (χ1v) is 14.8. The van der Waals surface area contributed by atoms with Gasteiger partial charge in [-0.05, 0) is 114 Å². The lowest BCUT2D eigenvalue weighted by Gasteiger charge is -2.24. The Morgan fingerprint density at radius 1 is 0.929 bits per heavy atom. The fourth-order valence-corrected chi connectivity index (χ4v) is 6.07. The van der Waals surface area contributed by atoms with Crippen molar-refractivity contribution in [3.8, 4) is 5.69 Å². The van der Waals surface area contributed by atoms with Crippen LogP contribution in [0.5, 0.6) is 0 Å². The first-order chi connectivity index (χ1) is 20.5. The molecule has 3 heterocycles. The van der Waals surface area contributed by atoms with Crippen molar-refractivity contribution in [3.05, 3.63) is 142 Å². The van der Waals surface area contributed by atoms with Crippen molar-refractivity contribution in [1.29, 1.82) is 0 Å². The minimum atomic E-state index is -0.0917. The van der Waals surface area contributed by atoms with E-state index >= 15 is 0 Å². The van der Waals surface area contributed by atoms with Crippen molar-refractivity contribution in [2.75, 3.05) is 5.32 Å². The molecule has 5 nitrogen and oxygen atoms in total. The van der Waals surface area contributed by atoms with E-state index in [-0.39, 0.29) is 5.56 Å². The second-order valence-corrected chi connectivity index (χ2v) is 11.0. The normalized spacial score (nSPS) is 12.8. The number of aromatic nitrogens is 3. The van der Waals surface area contributed by atoms with Crippen molar-refractivity contribution in [2.45, 2.75) is 52.4 Å². The zero-order chi connectivity index (χ0) is 29.2. The average molecular weight is 553 g/mol. The van der Waals surface area contributed by atoms with E-state index in [2.05, 4.69) is 66.6 Å². The third-order valence-electron chi connectivity index (χ3n) is 8.33. The third-order valence-corrected chi connectivity index (χ3v) is 8.33. The highest BCUT2D eigenvalue weighted by molar-refractivity contribution is 5.84. The van der Waals surface area contributed by atoms with Crippen LogP contribution >= 0.6 is 0 Å². The summed E-state index contributed by atoms with van der Waals surface area (Å²) in [7, 11) is 0. The van der Waals surface area contributed by atoms with Crippen LogP contribution in [0.1, 0.15) is 65.8 Å². The smallest absolute Gasteiger partial charge is 0.264 e. The molecule has 1 aliphatic rings. The number of nitrogens with zero attached hydrogens (tertiary/aromatic N) is 3. The standard InChI is InChI=1S/C37H36N4O/c1-5-27-20-33-29(17-18-38-34(33)21-28(27)6-2)19-26-15-16-36(39-23-26)40-25(4)32-22-31-24(3)11-10-14-35(31)41(37(32)42)30-12-8-7-9-13-30/h7-9,12-13,15-18,20-23H,3-6,10-11,14,19H2,1-2H3,(H,39,40). The number of rotatable bonds is 8. The minimum Gasteiger partial charge on any atom is -0.340 e. The van der Waals surface area contributed by atoms with Crippen LogP contribution in [0.15, 0.2) is 97.1 Å². The molecule has 0 bridgehead atoms. The summed E-state index contributed by atoms with van der Waals surface area (Å²) in [6.45, 7) is 12.9. The van der Waals surface area contributed by atoms with E-state index in [1.54, 1.807) is 0 Å². The molecule has 6 rings (SSSR count). The molecule has 42 heavy (non-hydrogen) atoms. The molecule has 0 radical (unpaired) electrons. The number of hydrogen-bond acceptors (Lipinski definition) is 4. The Kier molecular flexibility index (Phi) is 7.58. The van der Waals surface area contributed by atoms with Crippen LogP contribution in [0.4, 0.5) is 5.82 Å². The monoisotopic (exact) mass is 552 g/mol. The number of aryl methyl sites for hydroxylation is 2. The molecule has 1 aliphatic carbocycles. The largest absolute Gasteiger partial charge is 0.340 e. The summed E-state index contributed by atoms with van der Waals surface area (Å²) in [6, 6.07) is 22.4. The Hall–Kier alpha value is -4.77. The van der Waals surface area contributed by atoms with E-state index in [1.807, 2.05) is 59.4 Å². The number of nitrogens with one attached hydrogen (secondary N) is 1. The molecule has 0 saturated carbocycles. The summed E-state index contributed by atoms with van der Waals surface area (Å²) >= 11 is 0. The van der Waals surface area contributed by atoms with Gasteiger partial charge in [0.1, 0.15) is 5.82 Å². The molecule has 5 heteroatoms. The van der Waals surface area contributed by atoms with Crippen molar-refractivity contribution in [1.82, 2.24) is 14.5 Å². The highest BCUT2D eigenvalue weighted by atomic mass is 16.1. The van der Waals surface area contributed by atoms with Crippen molar-refractivity contribution in [2.24, 2.45) is 0 Å². The van der Waals surface area contributed by atoms with E-state index in [0.29, 0.717) is 17.1 Å². The first kappa shape index (κ1) is 27.4. The molecular weight excluding hydrogens is 516 g/mol.